The third-order valence-electron chi connectivity index (χ3n) is 0.562. The van der Waals surface area contributed by atoms with Gasteiger partial charge in [0.2, 0.25) is 0 Å². The summed E-state index contributed by atoms with van der Waals surface area (Å²) in [5.74, 6) is 0. The molecule has 52 valence electrons. The molecule has 0 heterocycles. The zero-order chi connectivity index (χ0) is 7.33. The number of allylic oxidation sites excluding steroid dienone is 2. The number of hydrogen-bond donors (Lipinski definition) is 0. The standard InChI is InChI=1S/C5H7FO2S/c1-2-3-4-5-9(6,7)8/h2,4-5H,1,3H2/b5-4+. The molecule has 0 saturated carbocycles. The van der Waals surface area contributed by atoms with Gasteiger partial charge in [0.05, 0.1) is 5.41 Å². The summed E-state index contributed by atoms with van der Waals surface area (Å²) in [7, 11) is -4.42. The van der Waals surface area contributed by atoms with Crippen molar-refractivity contribution in [2.24, 2.45) is 0 Å². The maximum Gasteiger partial charge on any atom is 0.324 e. The van der Waals surface area contributed by atoms with Gasteiger partial charge in [-0.25, -0.2) is 0 Å². The van der Waals surface area contributed by atoms with E-state index in [0.717, 1.165) is 0 Å². The Bertz CT molecular complexity index is 203. The first kappa shape index (κ1) is 8.36. The van der Waals surface area contributed by atoms with Crippen molar-refractivity contribution >= 4 is 10.2 Å². The lowest BCUT2D eigenvalue weighted by Gasteiger charge is -1.77. The van der Waals surface area contributed by atoms with Gasteiger partial charge in [0.25, 0.3) is 0 Å². The summed E-state index contributed by atoms with van der Waals surface area (Å²) in [5, 5.41) is 0.509. The van der Waals surface area contributed by atoms with Crippen molar-refractivity contribution in [3.05, 3.63) is 24.1 Å². The molecule has 4 heteroatoms. The van der Waals surface area contributed by atoms with E-state index < -0.39 is 10.2 Å². The summed E-state index contributed by atoms with van der Waals surface area (Å²) in [6.07, 6.45) is 3.02. The van der Waals surface area contributed by atoms with Crippen LogP contribution in [0.25, 0.3) is 0 Å². The Balaban J connectivity index is 3.87. The van der Waals surface area contributed by atoms with Crippen LogP contribution in [0.3, 0.4) is 0 Å². The highest BCUT2D eigenvalue weighted by Gasteiger charge is 1.95. The van der Waals surface area contributed by atoms with Gasteiger partial charge in [-0.1, -0.05) is 12.2 Å². The van der Waals surface area contributed by atoms with Gasteiger partial charge in [-0.3, -0.25) is 0 Å². The average Bonchev–Trinajstić information content (AvgIpc) is 1.63. The van der Waals surface area contributed by atoms with E-state index in [2.05, 4.69) is 6.58 Å². The van der Waals surface area contributed by atoms with E-state index in [1.807, 2.05) is 0 Å². The number of halogens is 1. The Kier molecular flexibility index (Phi) is 3.16. The van der Waals surface area contributed by atoms with Crippen LogP contribution in [-0.4, -0.2) is 8.42 Å². The second kappa shape index (κ2) is 3.40. The molecule has 0 aromatic heterocycles. The minimum Gasteiger partial charge on any atom is -0.190 e. The fourth-order valence-electron chi connectivity index (χ4n) is 0.267. The first-order valence-corrected chi connectivity index (χ1v) is 3.73. The highest BCUT2D eigenvalue weighted by atomic mass is 32.3. The minimum atomic E-state index is -4.42. The Hall–Kier alpha value is -0.640. The Morgan fingerprint density at radius 2 is 2.11 bits per heavy atom. The molecule has 0 atom stereocenters. The van der Waals surface area contributed by atoms with Crippen LogP contribution in [0.4, 0.5) is 3.89 Å². The topological polar surface area (TPSA) is 34.1 Å². The van der Waals surface area contributed by atoms with E-state index in [9.17, 15) is 12.3 Å². The molecule has 0 aromatic rings. The van der Waals surface area contributed by atoms with Crippen LogP contribution in [0, 0.1) is 0 Å². The van der Waals surface area contributed by atoms with Crippen LogP contribution in [0.15, 0.2) is 24.1 Å². The fraction of sp³-hybridized carbons (Fsp3) is 0.200. The molecule has 0 aliphatic heterocycles. The van der Waals surface area contributed by atoms with Gasteiger partial charge in [0.1, 0.15) is 0 Å². The zero-order valence-electron chi connectivity index (χ0n) is 4.75. The van der Waals surface area contributed by atoms with Crippen LogP contribution < -0.4 is 0 Å². The molecular weight excluding hydrogens is 143 g/mol. The van der Waals surface area contributed by atoms with Crippen molar-refractivity contribution in [2.75, 3.05) is 0 Å². The van der Waals surface area contributed by atoms with Gasteiger partial charge in [-0.05, 0) is 6.42 Å². The quantitative estimate of drug-likeness (QED) is 0.450. The summed E-state index contributed by atoms with van der Waals surface area (Å²) >= 11 is 0. The van der Waals surface area contributed by atoms with E-state index in [-0.39, 0.29) is 0 Å². The number of hydrogen-bond acceptors (Lipinski definition) is 2. The fourth-order valence-corrected chi connectivity index (χ4v) is 0.608. The molecule has 0 bridgehead atoms. The van der Waals surface area contributed by atoms with E-state index in [4.69, 9.17) is 0 Å². The molecule has 9 heavy (non-hydrogen) atoms. The van der Waals surface area contributed by atoms with Gasteiger partial charge in [0.15, 0.2) is 0 Å². The van der Waals surface area contributed by atoms with Crippen molar-refractivity contribution < 1.29 is 12.3 Å². The van der Waals surface area contributed by atoms with Gasteiger partial charge >= 0.3 is 10.2 Å². The van der Waals surface area contributed by atoms with Gasteiger partial charge in [-0.15, -0.1) is 10.5 Å². The largest absolute Gasteiger partial charge is 0.324 e. The SMILES string of the molecule is C=CC/C=C/S(=O)(=O)F. The minimum absolute atomic E-state index is 0.364. The molecule has 0 saturated heterocycles. The average molecular weight is 150 g/mol. The lowest BCUT2D eigenvalue weighted by molar-refractivity contribution is 0.563. The van der Waals surface area contributed by atoms with Crippen LogP contribution >= 0.6 is 0 Å². The third kappa shape index (κ3) is 7.36. The second-order valence-electron chi connectivity index (χ2n) is 1.37. The maximum atomic E-state index is 11.6. The van der Waals surface area contributed by atoms with Crippen LogP contribution in [0.2, 0.25) is 0 Å². The maximum absolute atomic E-state index is 11.6. The first-order chi connectivity index (χ1) is 4.06. The van der Waals surface area contributed by atoms with Crippen molar-refractivity contribution in [3.8, 4) is 0 Å². The van der Waals surface area contributed by atoms with Crippen LogP contribution in [0.1, 0.15) is 6.42 Å². The first-order valence-electron chi connectivity index (χ1n) is 2.28. The van der Waals surface area contributed by atoms with E-state index in [0.29, 0.717) is 11.8 Å². The molecule has 0 unspecified atom stereocenters. The molecule has 0 fully saturated rings. The summed E-state index contributed by atoms with van der Waals surface area (Å²) in [6, 6.07) is 0. The molecule has 0 radical (unpaired) electrons. The molecule has 0 rings (SSSR count). The van der Waals surface area contributed by atoms with Gasteiger partial charge < -0.3 is 0 Å². The molecule has 0 aliphatic rings. The number of rotatable bonds is 3. The molecule has 0 N–H and O–H groups in total. The summed E-state index contributed by atoms with van der Waals surface area (Å²) in [5.41, 5.74) is 0. The van der Waals surface area contributed by atoms with E-state index >= 15 is 0 Å². The van der Waals surface area contributed by atoms with Crippen molar-refractivity contribution in [1.82, 2.24) is 0 Å². The van der Waals surface area contributed by atoms with Crippen molar-refractivity contribution in [3.63, 3.8) is 0 Å². The third-order valence-corrected chi connectivity index (χ3v) is 1.08. The predicted molar refractivity (Wildman–Crippen MR) is 34.0 cm³/mol. The highest BCUT2D eigenvalue weighted by Crippen LogP contribution is 1.93. The zero-order valence-corrected chi connectivity index (χ0v) is 5.57. The molecule has 0 aromatic carbocycles. The lowest BCUT2D eigenvalue weighted by atomic mass is 10.4. The lowest BCUT2D eigenvalue weighted by Crippen LogP contribution is -1.79. The van der Waals surface area contributed by atoms with Gasteiger partial charge in [-0.2, -0.15) is 8.42 Å². The second-order valence-corrected chi connectivity index (χ2v) is 2.60. The Morgan fingerprint density at radius 1 is 1.56 bits per heavy atom. The molecule has 0 spiro atoms. The normalized spacial score (nSPS) is 12.1. The summed E-state index contributed by atoms with van der Waals surface area (Å²) in [4.78, 5) is 0. The van der Waals surface area contributed by atoms with E-state index in [1.165, 1.54) is 12.2 Å². The molecule has 2 nitrogen and oxygen atoms in total. The van der Waals surface area contributed by atoms with Crippen molar-refractivity contribution in [1.29, 1.82) is 0 Å². The van der Waals surface area contributed by atoms with Crippen LogP contribution in [0.5, 0.6) is 0 Å². The van der Waals surface area contributed by atoms with Gasteiger partial charge in [0, 0.05) is 0 Å². The molecule has 0 aliphatic carbocycles. The smallest absolute Gasteiger partial charge is 0.190 e. The Labute approximate surface area is 53.9 Å². The van der Waals surface area contributed by atoms with Crippen molar-refractivity contribution in [2.45, 2.75) is 6.42 Å². The van der Waals surface area contributed by atoms with Crippen LogP contribution in [-0.2, 0) is 10.2 Å². The highest BCUT2D eigenvalue weighted by molar-refractivity contribution is 7.89. The summed E-state index contributed by atoms with van der Waals surface area (Å²) in [6.45, 7) is 3.31. The molecular formula is C5H7FO2S. The monoisotopic (exact) mass is 150 g/mol. The summed E-state index contributed by atoms with van der Waals surface area (Å²) < 4.78 is 31.0. The molecule has 0 amide bonds. The Morgan fingerprint density at radius 3 is 2.44 bits per heavy atom. The van der Waals surface area contributed by atoms with E-state index in [1.54, 1.807) is 0 Å². The predicted octanol–water partition coefficient (Wildman–Crippen LogP) is 1.38.